The molecular formula is C16H31N3S. The van der Waals surface area contributed by atoms with E-state index in [1.165, 1.54) is 35.0 Å². The Morgan fingerprint density at radius 2 is 1.90 bits per heavy atom. The molecule has 4 heteroatoms. The van der Waals surface area contributed by atoms with E-state index >= 15 is 0 Å². The number of rotatable bonds is 9. The Kier molecular flexibility index (Phi) is 7.52. The third-order valence-electron chi connectivity index (χ3n) is 3.47. The highest BCUT2D eigenvalue weighted by Crippen LogP contribution is 2.32. The molecule has 20 heavy (non-hydrogen) atoms. The molecule has 0 aliphatic heterocycles. The zero-order valence-corrected chi connectivity index (χ0v) is 14.8. The Bertz CT molecular complexity index is 385. The van der Waals surface area contributed by atoms with Crippen molar-refractivity contribution in [3.05, 3.63) is 10.6 Å². The normalized spacial score (nSPS) is 11.6. The zero-order chi connectivity index (χ0) is 15.1. The number of thiazole rings is 1. The summed E-state index contributed by atoms with van der Waals surface area (Å²) in [5.41, 5.74) is 1.26. The van der Waals surface area contributed by atoms with Gasteiger partial charge in [0.1, 0.15) is 0 Å². The Morgan fingerprint density at radius 1 is 1.20 bits per heavy atom. The lowest BCUT2D eigenvalue weighted by Crippen LogP contribution is -2.31. The van der Waals surface area contributed by atoms with Gasteiger partial charge in [-0.05, 0) is 33.2 Å². The van der Waals surface area contributed by atoms with Gasteiger partial charge in [0.25, 0.3) is 0 Å². The second-order valence-corrected chi connectivity index (χ2v) is 7.05. The molecular weight excluding hydrogens is 266 g/mol. The van der Waals surface area contributed by atoms with Gasteiger partial charge in [-0.25, -0.2) is 4.98 Å². The fourth-order valence-corrected chi connectivity index (χ4v) is 3.70. The molecule has 0 aliphatic carbocycles. The van der Waals surface area contributed by atoms with Crippen LogP contribution in [0.1, 0.15) is 70.4 Å². The predicted molar refractivity (Wildman–Crippen MR) is 91.0 cm³/mol. The van der Waals surface area contributed by atoms with Crippen molar-refractivity contribution in [3.63, 3.8) is 0 Å². The van der Waals surface area contributed by atoms with Crippen LogP contribution < -0.4 is 10.2 Å². The number of hydrogen-bond donors (Lipinski definition) is 1. The van der Waals surface area contributed by atoms with Crippen LogP contribution in [0.5, 0.6) is 0 Å². The van der Waals surface area contributed by atoms with Crippen LogP contribution in [0.15, 0.2) is 0 Å². The highest BCUT2D eigenvalue weighted by molar-refractivity contribution is 7.15. The highest BCUT2D eigenvalue weighted by Gasteiger charge is 2.19. The molecule has 0 amide bonds. The van der Waals surface area contributed by atoms with Crippen molar-refractivity contribution in [3.8, 4) is 0 Å². The summed E-state index contributed by atoms with van der Waals surface area (Å²) in [6, 6.07) is 0.514. The van der Waals surface area contributed by atoms with Crippen molar-refractivity contribution in [1.29, 1.82) is 0 Å². The van der Waals surface area contributed by atoms with Crippen molar-refractivity contribution in [2.24, 2.45) is 0 Å². The monoisotopic (exact) mass is 297 g/mol. The van der Waals surface area contributed by atoms with Crippen LogP contribution in [-0.4, -0.2) is 24.6 Å². The average molecular weight is 298 g/mol. The molecule has 1 aromatic heterocycles. The molecule has 0 spiro atoms. The molecule has 3 nitrogen and oxygen atoms in total. The van der Waals surface area contributed by atoms with Gasteiger partial charge in [0.05, 0.1) is 5.69 Å². The van der Waals surface area contributed by atoms with Gasteiger partial charge in [-0.3, -0.25) is 0 Å². The lowest BCUT2D eigenvalue weighted by atomic mass is 10.1. The number of nitrogens with one attached hydrogen (secondary N) is 1. The zero-order valence-electron chi connectivity index (χ0n) is 14.0. The first-order valence-corrected chi connectivity index (χ1v) is 8.73. The minimum absolute atomic E-state index is 0.494. The summed E-state index contributed by atoms with van der Waals surface area (Å²) < 4.78 is 0. The van der Waals surface area contributed by atoms with Crippen molar-refractivity contribution in [2.75, 3.05) is 18.5 Å². The van der Waals surface area contributed by atoms with Gasteiger partial charge in [0.15, 0.2) is 5.13 Å². The number of aromatic nitrogens is 1. The molecule has 0 fully saturated rings. The lowest BCUT2D eigenvalue weighted by Gasteiger charge is -2.26. The van der Waals surface area contributed by atoms with Gasteiger partial charge in [0, 0.05) is 24.0 Å². The molecule has 0 aliphatic rings. The van der Waals surface area contributed by atoms with E-state index < -0.39 is 0 Å². The Morgan fingerprint density at radius 3 is 2.40 bits per heavy atom. The molecule has 0 unspecified atom stereocenters. The van der Waals surface area contributed by atoms with Crippen LogP contribution in [0.25, 0.3) is 0 Å². The maximum absolute atomic E-state index is 4.93. The van der Waals surface area contributed by atoms with E-state index in [1.807, 2.05) is 18.4 Å². The summed E-state index contributed by atoms with van der Waals surface area (Å²) in [6.07, 6.45) is 3.83. The van der Waals surface area contributed by atoms with Crippen LogP contribution in [-0.2, 0) is 6.54 Å². The molecule has 0 atom stereocenters. The van der Waals surface area contributed by atoms with E-state index in [0.717, 1.165) is 13.1 Å². The van der Waals surface area contributed by atoms with Gasteiger partial charge in [-0.15, -0.1) is 11.3 Å². The van der Waals surface area contributed by atoms with E-state index in [1.54, 1.807) is 0 Å². The van der Waals surface area contributed by atoms with Gasteiger partial charge in [-0.1, -0.05) is 33.6 Å². The maximum atomic E-state index is 4.93. The molecule has 0 bridgehead atoms. The Hall–Kier alpha value is -0.610. The number of hydrogen-bond acceptors (Lipinski definition) is 4. The number of anilines is 1. The second kappa shape index (κ2) is 8.63. The van der Waals surface area contributed by atoms with Crippen molar-refractivity contribution in [2.45, 2.75) is 72.4 Å². The standard InChI is InChI=1S/C16H31N3S/c1-7-8-9-10-19(13(4)5)16-18-15(12(2)3)14(20-16)11-17-6/h12-13,17H,7-11H2,1-6H3. The van der Waals surface area contributed by atoms with Crippen LogP contribution in [0, 0.1) is 0 Å². The predicted octanol–water partition coefficient (Wildman–Crippen LogP) is 4.39. The summed E-state index contributed by atoms with van der Waals surface area (Å²) in [6.45, 7) is 13.3. The van der Waals surface area contributed by atoms with Crippen LogP contribution in [0.4, 0.5) is 5.13 Å². The summed E-state index contributed by atoms with van der Waals surface area (Å²) in [5, 5.41) is 4.46. The third-order valence-corrected chi connectivity index (χ3v) is 4.58. The minimum atomic E-state index is 0.494. The Balaban J connectivity index is 2.92. The molecule has 0 saturated carbocycles. The Labute approximate surface area is 128 Å². The topological polar surface area (TPSA) is 28.2 Å². The van der Waals surface area contributed by atoms with Gasteiger partial charge in [-0.2, -0.15) is 0 Å². The SMILES string of the molecule is CCCCCN(c1nc(C(C)C)c(CNC)s1)C(C)C. The summed E-state index contributed by atoms with van der Waals surface area (Å²) >= 11 is 1.86. The van der Waals surface area contributed by atoms with E-state index in [9.17, 15) is 0 Å². The summed E-state index contributed by atoms with van der Waals surface area (Å²) in [5.74, 6) is 0.494. The molecule has 1 N–H and O–H groups in total. The quantitative estimate of drug-likeness (QED) is 0.685. The fraction of sp³-hybridized carbons (Fsp3) is 0.812. The molecule has 1 aromatic rings. The first-order chi connectivity index (χ1) is 9.51. The van der Waals surface area contributed by atoms with Crippen LogP contribution >= 0.6 is 11.3 Å². The largest absolute Gasteiger partial charge is 0.346 e. The molecule has 0 radical (unpaired) electrons. The van der Waals surface area contributed by atoms with Gasteiger partial charge in [0.2, 0.25) is 0 Å². The summed E-state index contributed by atoms with van der Waals surface area (Å²) in [7, 11) is 2.00. The maximum Gasteiger partial charge on any atom is 0.186 e. The van der Waals surface area contributed by atoms with E-state index in [0.29, 0.717) is 12.0 Å². The molecule has 1 rings (SSSR count). The average Bonchev–Trinajstić information content (AvgIpc) is 2.78. The van der Waals surface area contributed by atoms with Crippen molar-refractivity contribution in [1.82, 2.24) is 10.3 Å². The lowest BCUT2D eigenvalue weighted by molar-refractivity contribution is 0.623. The number of nitrogens with zero attached hydrogens (tertiary/aromatic N) is 2. The third kappa shape index (κ3) is 4.74. The fourth-order valence-electron chi connectivity index (χ4n) is 2.32. The van der Waals surface area contributed by atoms with Crippen LogP contribution in [0.2, 0.25) is 0 Å². The first kappa shape index (κ1) is 17.4. The molecule has 1 heterocycles. The molecule has 0 aromatic carbocycles. The van der Waals surface area contributed by atoms with Crippen molar-refractivity contribution >= 4 is 16.5 Å². The highest BCUT2D eigenvalue weighted by atomic mass is 32.1. The van der Waals surface area contributed by atoms with E-state index in [4.69, 9.17) is 4.98 Å². The van der Waals surface area contributed by atoms with Crippen molar-refractivity contribution < 1.29 is 0 Å². The molecule has 116 valence electrons. The summed E-state index contributed by atoms with van der Waals surface area (Å²) in [4.78, 5) is 8.78. The van der Waals surface area contributed by atoms with E-state index in [-0.39, 0.29) is 0 Å². The van der Waals surface area contributed by atoms with Crippen LogP contribution in [0.3, 0.4) is 0 Å². The van der Waals surface area contributed by atoms with Gasteiger partial charge < -0.3 is 10.2 Å². The second-order valence-electron chi connectivity index (χ2n) is 5.98. The first-order valence-electron chi connectivity index (χ1n) is 7.92. The van der Waals surface area contributed by atoms with Gasteiger partial charge >= 0.3 is 0 Å². The van der Waals surface area contributed by atoms with E-state index in [2.05, 4.69) is 44.8 Å². The molecule has 0 saturated heterocycles. The number of unbranched alkanes of at least 4 members (excludes halogenated alkanes) is 2. The smallest absolute Gasteiger partial charge is 0.186 e. The minimum Gasteiger partial charge on any atom is -0.346 e.